The Morgan fingerprint density at radius 3 is 1.94 bits per heavy atom. The summed E-state index contributed by atoms with van der Waals surface area (Å²) in [6.45, 7) is 14.2. The molecule has 0 amide bonds. The second-order valence-electron chi connectivity index (χ2n) is 6.26. The van der Waals surface area contributed by atoms with Gasteiger partial charge in [-0.05, 0) is 20.8 Å². The van der Waals surface area contributed by atoms with E-state index in [0.29, 0.717) is 13.2 Å². The monoisotopic (exact) mass is 229 g/mol. The molecule has 0 fully saturated rings. The van der Waals surface area contributed by atoms with Crippen LogP contribution in [-0.4, -0.2) is 43.0 Å². The number of nitrogens with zero attached hydrogens (tertiary/aromatic N) is 1. The van der Waals surface area contributed by atoms with Gasteiger partial charge in [0, 0.05) is 24.6 Å². The van der Waals surface area contributed by atoms with Gasteiger partial charge in [-0.3, -0.25) is 9.69 Å². The Labute approximate surface area is 100 Å². The second kappa shape index (κ2) is 5.78. The van der Waals surface area contributed by atoms with Gasteiger partial charge in [-0.2, -0.15) is 0 Å². The normalized spacial score (nSPS) is 13.2. The number of rotatable bonds is 5. The van der Waals surface area contributed by atoms with E-state index in [9.17, 15) is 4.79 Å². The zero-order valence-corrected chi connectivity index (χ0v) is 11.9. The zero-order chi connectivity index (χ0) is 13.0. The molecule has 16 heavy (non-hydrogen) atoms. The Hall–Kier alpha value is -0.410. The highest BCUT2D eigenvalue weighted by atomic mass is 16.5. The van der Waals surface area contributed by atoms with Crippen LogP contribution in [0.15, 0.2) is 0 Å². The first-order chi connectivity index (χ1) is 7.09. The van der Waals surface area contributed by atoms with Crippen LogP contribution in [0.3, 0.4) is 0 Å². The molecular formula is C13H27NO2. The summed E-state index contributed by atoms with van der Waals surface area (Å²) in [5.41, 5.74) is -0.268. The van der Waals surface area contributed by atoms with Crippen molar-refractivity contribution < 1.29 is 9.53 Å². The number of carbonyl (C=O) groups is 1. The maximum atomic E-state index is 12.0. The fourth-order valence-corrected chi connectivity index (χ4v) is 1.26. The highest BCUT2D eigenvalue weighted by Gasteiger charge is 2.28. The molecule has 0 radical (unpaired) electrons. The predicted octanol–water partition coefficient (Wildman–Crippen LogP) is 2.35. The first-order valence-electron chi connectivity index (χ1n) is 5.86. The van der Waals surface area contributed by atoms with Crippen LogP contribution in [0.4, 0.5) is 0 Å². The smallest absolute Gasteiger partial charge is 0.152 e. The number of ether oxygens (including phenoxy) is 1. The Balaban J connectivity index is 4.50. The van der Waals surface area contributed by atoms with Crippen molar-refractivity contribution >= 4 is 5.78 Å². The molecule has 0 aliphatic rings. The molecule has 0 heterocycles. The molecule has 0 aromatic carbocycles. The van der Waals surface area contributed by atoms with E-state index in [0.717, 1.165) is 6.54 Å². The second-order valence-corrected chi connectivity index (χ2v) is 6.26. The highest BCUT2D eigenvalue weighted by Crippen LogP contribution is 2.19. The van der Waals surface area contributed by atoms with E-state index in [1.54, 1.807) is 7.11 Å². The summed E-state index contributed by atoms with van der Waals surface area (Å²) in [6, 6.07) is 0. The van der Waals surface area contributed by atoms with E-state index < -0.39 is 0 Å². The molecule has 0 aliphatic heterocycles. The van der Waals surface area contributed by atoms with Crippen molar-refractivity contribution in [3.05, 3.63) is 0 Å². The van der Waals surface area contributed by atoms with Crippen LogP contribution in [-0.2, 0) is 9.53 Å². The van der Waals surface area contributed by atoms with Gasteiger partial charge in [0.1, 0.15) is 0 Å². The third kappa shape index (κ3) is 5.61. The molecule has 0 aliphatic carbocycles. The van der Waals surface area contributed by atoms with Gasteiger partial charge in [0.25, 0.3) is 0 Å². The molecule has 0 bridgehead atoms. The number of carbonyl (C=O) groups excluding carboxylic acids is 1. The van der Waals surface area contributed by atoms with Gasteiger partial charge in [-0.15, -0.1) is 0 Å². The van der Waals surface area contributed by atoms with E-state index in [2.05, 4.69) is 25.7 Å². The number of hydrogen-bond acceptors (Lipinski definition) is 3. The van der Waals surface area contributed by atoms with Crippen molar-refractivity contribution in [1.29, 1.82) is 0 Å². The molecule has 0 atom stereocenters. The van der Waals surface area contributed by atoms with Crippen LogP contribution in [0.5, 0.6) is 0 Å². The molecule has 0 saturated carbocycles. The van der Waals surface area contributed by atoms with E-state index in [1.165, 1.54) is 0 Å². The molecule has 3 nitrogen and oxygen atoms in total. The summed E-state index contributed by atoms with van der Waals surface area (Å²) >= 11 is 0. The van der Waals surface area contributed by atoms with Crippen LogP contribution in [0.1, 0.15) is 41.5 Å². The number of methoxy groups -OCH3 is 1. The Kier molecular flexibility index (Phi) is 5.63. The van der Waals surface area contributed by atoms with E-state index >= 15 is 0 Å². The quantitative estimate of drug-likeness (QED) is 0.725. The fourth-order valence-electron chi connectivity index (χ4n) is 1.26. The lowest BCUT2D eigenvalue weighted by molar-refractivity contribution is -0.129. The average Bonchev–Trinajstić information content (AvgIpc) is 2.08. The summed E-state index contributed by atoms with van der Waals surface area (Å²) in [5.74, 6) is 0.276. The molecule has 0 aromatic rings. The summed E-state index contributed by atoms with van der Waals surface area (Å²) in [5, 5.41) is 0. The maximum Gasteiger partial charge on any atom is 0.152 e. The van der Waals surface area contributed by atoms with Gasteiger partial charge in [-0.25, -0.2) is 0 Å². The lowest BCUT2D eigenvalue weighted by Crippen LogP contribution is -2.48. The van der Waals surface area contributed by atoms with Crippen LogP contribution in [0.25, 0.3) is 0 Å². The van der Waals surface area contributed by atoms with Crippen LogP contribution in [0.2, 0.25) is 0 Å². The minimum Gasteiger partial charge on any atom is -0.383 e. The molecule has 3 heteroatoms. The molecular weight excluding hydrogens is 202 g/mol. The zero-order valence-electron chi connectivity index (χ0n) is 11.9. The number of Topliss-reactive ketones (excluding diaryl/α,β-unsaturated/α-hetero) is 1. The minimum absolute atomic E-state index is 0.000556. The molecule has 0 saturated heterocycles. The highest BCUT2D eigenvalue weighted by molar-refractivity contribution is 5.85. The lowest BCUT2D eigenvalue weighted by atomic mass is 9.89. The van der Waals surface area contributed by atoms with Crippen molar-refractivity contribution in [1.82, 2.24) is 4.90 Å². The summed E-state index contributed by atoms with van der Waals surface area (Å²) in [4.78, 5) is 14.2. The molecule has 96 valence electrons. The molecule has 0 spiro atoms. The summed E-state index contributed by atoms with van der Waals surface area (Å²) in [6.07, 6.45) is 0. The molecule has 0 aromatic heterocycles. The molecule has 0 rings (SSSR count). The van der Waals surface area contributed by atoms with Gasteiger partial charge in [0.2, 0.25) is 0 Å². The largest absolute Gasteiger partial charge is 0.383 e. The van der Waals surface area contributed by atoms with Crippen LogP contribution < -0.4 is 0 Å². The third-order valence-electron chi connectivity index (χ3n) is 2.68. The third-order valence-corrected chi connectivity index (χ3v) is 2.68. The Bertz CT molecular complexity index is 223. The number of hydrogen-bond donors (Lipinski definition) is 0. The standard InChI is InChI=1S/C13H27NO2/c1-12(2,3)11(15)10-14(8-9-16-7)13(4,5)6/h8-10H2,1-7H3. The van der Waals surface area contributed by atoms with Gasteiger partial charge in [-0.1, -0.05) is 20.8 Å². The first kappa shape index (κ1) is 15.6. The van der Waals surface area contributed by atoms with Crippen LogP contribution >= 0.6 is 0 Å². The molecule has 0 N–H and O–H groups in total. The Morgan fingerprint density at radius 1 is 1.12 bits per heavy atom. The predicted molar refractivity (Wildman–Crippen MR) is 67.7 cm³/mol. The van der Waals surface area contributed by atoms with E-state index in [-0.39, 0.29) is 16.7 Å². The van der Waals surface area contributed by atoms with Gasteiger partial charge >= 0.3 is 0 Å². The fraction of sp³-hybridized carbons (Fsp3) is 0.923. The maximum absolute atomic E-state index is 12.0. The minimum atomic E-state index is -0.267. The van der Waals surface area contributed by atoms with Crippen LogP contribution in [0, 0.1) is 5.41 Å². The van der Waals surface area contributed by atoms with Crippen molar-refractivity contribution in [2.45, 2.75) is 47.1 Å². The lowest BCUT2D eigenvalue weighted by Gasteiger charge is -2.36. The van der Waals surface area contributed by atoms with Crippen molar-refractivity contribution in [2.24, 2.45) is 5.41 Å². The Morgan fingerprint density at radius 2 is 1.62 bits per heavy atom. The van der Waals surface area contributed by atoms with E-state index in [1.807, 2.05) is 20.8 Å². The molecule has 0 unspecified atom stereocenters. The van der Waals surface area contributed by atoms with Crippen molar-refractivity contribution in [2.75, 3.05) is 26.8 Å². The number of ketones is 1. The van der Waals surface area contributed by atoms with Gasteiger partial charge in [0.15, 0.2) is 5.78 Å². The SMILES string of the molecule is COCCN(CC(=O)C(C)(C)C)C(C)(C)C. The van der Waals surface area contributed by atoms with E-state index in [4.69, 9.17) is 4.74 Å². The van der Waals surface area contributed by atoms with Crippen molar-refractivity contribution in [3.63, 3.8) is 0 Å². The van der Waals surface area contributed by atoms with Gasteiger partial charge < -0.3 is 4.74 Å². The van der Waals surface area contributed by atoms with Crippen molar-refractivity contribution in [3.8, 4) is 0 Å². The first-order valence-corrected chi connectivity index (χ1v) is 5.86. The summed E-state index contributed by atoms with van der Waals surface area (Å²) in [7, 11) is 1.69. The van der Waals surface area contributed by atoms with Gasteiger partial charge in [0.05, 0.1) is 13.2 Å². The topological polar surface area (TPSA) is 29.5 Å². The average molecular weight is 229 g/mol. The summed E-state index contributed by atoms with van der Waals surface area (Å²) < 4.78 is 5.08.